The predicted octanol–water partition coefficient (Wildman–Crippen LogP) is 1.23. The first-order chi connectivity index (χ1) is 6.49. The molecule has 3 atom stereocenters. The van der Waals surface area contributed by atoms with Crippen LogP contribution in [0.3, 0.4) is 0 Å². The van der Waals surface area contributed by atoms with Crippen molar-refractivity contribution in [3.05, 3.63) is 12.3 Å². The smallest absolute Gasteiger partial charge is 0.300 e. The fourth-order valence-electron chi connectivity index (χ4n) is 0.935. The predicted molar refractivity (Wildman–Crippen MR) is 53.2 cm³/mol. The summed E-state index contributed by atoms with van der Waals surface area (Å²) in [4.78, 5) is 9.00. The van der Waals surface area contributed by atoms with E-state index in [9.17, 15) is 0 Å². The minimum absolute atomic E-state index is 0.00843. The molecular weight excluding hydrogens is 208 g/mol. The van der Waals surface area contributed by atoms with Gasteiger partial charge in [0.1, 0.15) is 6.10 Å². The summed E-state index contributed by atoms with van der Waals surface area (Å²) >= 11 is 5.86. The molecule has 4 nitrogen and oxygen atoms in total. The Morgan fingerprint density at radius 2 is 2.14 bits per heavy atom. The number of rotatable bonds is 1. The van der Waals surface area contributed by atoms with Gasteiger partial charge in [0.05, 0.1) is 18.2 Å². The molecule has 0 bridgehead atoms. The van der Waals surface area contributed by atoms with Crippen LogP contribution in [0.4, 0.5) is 0 Å². The molecule has 0 aromatic rings. The van der Waals surface area contributed by atoms with Crippen molar-refractivity contribution in [2.75, 3.05) is 6.61 Å². The van der Waals surface area contributed by atoms with E-state index < -0.39 is 5.97 Å². The highest BCUT2D eigenvalue weighted by Gasteiger charge is 2.25. The molecule has 0 aromatic heterocycles. The van der Waals surface area contributed by atoms with Crippen molar-refractivity contribution in [3.8, 4) is 0 Å². The van der Waals surface area contributed by atoms with E-state index in [0.29, 0.717) is 0 Å². The summed E-state index contributed by atoms with van der Waals surface area (Å²) in [5.41, 5.74) is 0. The van der Waals surface area contributed by atoms with Crippen LogP contribution in [0.2, 0.25) is 0 Å². The Hall–Kier alpha value is -0.740. The van der Waals surface area contributed by atoms with Crippen molar-refractivity contribution in [3.63, 3.8) is 0 Å². The lowest BCUT2D eigenvalue weighted by Crippen LogP contribution is -2.32. The molecule has 0 spiro atoms. The summed E-state index contributed by atoms with van der Waals surface area (Å²) in [7, 11) is 0. The zero-order valence-corrected chi connectivity index (χ0v) is 8.94. The third kappa shape index (κ3) is 5.09. The summed E-state index contributed by atoms with van der Waals surface area (Å²) in [6.45, 7) is 3.08. The van der Waals surface area contributed by atoms with Crippen molar-refractivity contribution in [2.24, 2.45) is 5.92 Å². The fraction of sp³-hybridized carbons (Fsp3) is 0.667. The number of aliphatic hydroxyl groups is 1. The van der Waals surface area contributed by atoms with Crippen molar-refractivity contribution < 1.29 is 19.7 Å². The Kier molecular flexibility index (Phi) is 6.32. The topological polar surface area (TPSA) is 66.8 Å². The highest BCUT2D eigenvalue weighted by atomic mass is 35.5. The molecule has 0 fully saturated rings. The average molecular weight is 223 g/mol. The van der Waals surface area contributed by atoms with Crippen molar-refractivity contribution in [1.29, 1.82) is 0 Å². The number of alkyl halides is 1. The molecule has 0 radical (unpaired) electrons. The second-order valence-corrected chi connectivity index (χ2v) is 3.51. The van der Waals surface area contributed by atoms with E-state index in [0.717, 1.165) is 6.92 Å². The number of carboxylic acid groups (broad SMARTS) is 1. The first-order valence-corrected chi connectivity index (χ1v) is 4.69. The zero-order valence-electron chi connectivity index (χ0n) is 8.18. The highest BCUT2D eigenvalue weighted by Crippen LogP contribution is 2.22. The number of hydrogen-bond donors (Lipinski definition) is 2. The third-order valence-corrected chi connectivity index (χ3v) is 2.33. The quantitative estimate of drug-likeness (QED) is 0.655. The van der Waals surface area contributed by atoms with Gasteiger partial charge in [-0.3, -0.25) is 4.79 Å². The summed E-state index contributed by atoms with van der Waals surface area (Å²) in [5, 5.41) is 16.2. The van der Waals surface area contributed by atoms with Crippen LogP contribution in [0, 0.1) is 5.92 Å². The Labute approximate surface area is 88.1 Å². The van der Waals surface area contributed by atoms with Crippen molar-refractivity contribution in [1.82, 2.24) is 0 Å². The van der Waals surface area contributed by atoms with Gasteiger partial charge >= 0.3 is 0 Å². The Morgan fingerprint density at radius 1 is 1.64 bits per heavy atom. The van der Waals surface area contributed by atoms with Gasteiger partial charge < -0.3 is 14.9 Å². The summed E-state index contributed by atoms with van der Waals surface area (Å²) in [6, 6.07) is 0. The number of aliphatic carboxylic acids is 1. The largest absolute Gasteiger partial charge is 0.496 e. The van der Waals surface area contributed by atoms with Crippen LogP contribution in [0.25, 0.3) is 0 Å². The first-order valence-electron chi connectivity index (χ1n) is 4.25. The molecule has 82 valence electrons. The molecule has 0 aromatic carbocycles. The second kappa shape index (κ2) is 6.68. The van der Waals surface area contributed by atoms with E-state index >= 15 is 0 Å². The van der Waals surface area contributed by atoms with Gasteiger partial charge in [0.2, 0.25) is 0 Å². The molecular formula is C9H15ClO4. The van der Waals surface area contributed by atoms with E-state index in [1.807, 2.05) is 6.92 Å². The molecule has 3 unspecified atom stereocenters. The van der Waals surface area contributed by atoms with Gasteiger partial charge in [0.25, 0.3) is 5.97 Å². The standard InChI is InChI=1S/C7H11ClO2.C2H4O2/c1-5-6(8)2-3-10-7(5)4-9;1-2(3)4/h2-3,5-7,9H,4H2,1H3;1H3,(H,3,4). The third-order valence-electron chi connectivity index (χ3n) is 1.78. The maximum atomic E-state index is 9.00. The van der Waals surface area contributed by atoms with E-state index in [2.05, 4.69) is 0 Å². The highest BCUT2D eigenvalue weighted by molar-refractivity contribution is 6.22. The van der Waals surface area contributed by atoms with E-state index in [-0.39, 0.29) is 24.0 Å². The Balaban J connectivity index is 0.000000364. The molecule has 2 N–H and O–H groups in total. The molecule has 0 saturated heterocycles. The number of hydrogen-bond acceptors (Lipinski definition) is 3. The van der Waals surface area contributed by atoms with Crippen LogP contribution in [0.1, 0.15) is 13.8 Å². The lowest BCUT2D eigenvalue weighted by atomic mass is 9.99. The number of aliphatic hydroxyl groups excluding tert-OH is 1. The molecule has 1 aliphatic heterocycles. The van der Waals surface area contributed by atoms with Crippen LogP contribution < -0.4 is 0 Å². The number of halogens is 1. The molecule has 1 aliphatic rings. The van der Waals surface area contributed by atoms with Crippen LogP contribution in [0.15, 0.2) is 12.3 Å². The van der Waals surface area contributed by atoms with E-state index in [4.69, 9.17) is 31.3 Å². The van der Waals surface area contributed by atoms with Gasteiger partial charge in [-0.2, -0.15) is 0 Å². The molecule has 1 rings (SSSR count). The van der Waals surface area contributed by atoms with Crippen molar-refractivity contribution >= 4 is 17.6 Å². The molecule has 5 heteroatoms. The summed E-state index contributed by atoms with van der Waals surface area (Å²) < 4.78 is 5.09. The lowest BCUT2D eigenvalue weighted by molar-refractivity contribution is -0.134. The van der Waals surface area contributed by atoms with Gasteiger partial charge in [-0.1, -0.05) is 6.92 Å². The lowest BCUT2D eigenvalue weighted by Gasteiger charge is -2.27. The Bertz CT molecular complexity index is 201. The van der Waals surface area contributed by atoms with Crippen LogP contribution in [0.5, 0.6) is 0 Å². The molecule has 0 aliphatic carbocycles. The average Bonchev–Trinajstić information content (AvgIpc) is 2.09. The van der Waals surface area contributed by atoms with Gasteiger partial charge in [-0.05, 0) is 6.08 Å². The number of allylic oxidation sites excluding steroid dienone is 1. The zero-order chi connectivity index (χ0) is 11.1. The minimum Gasteiger partial charge on any atom is -0.496 e. The fourth-order valence-corrected chi connectivity index (χ4v) is 1.16. The first kappa shape index (κ1) is 13.3. The molecule has 0 saturated carbocycles. The molecule has 1 heterocycles. The summed E-state index contributed by atoms with van der Waals surface area (Å²) in [6.07, 6.45) is 3.21. The number of carboxylic acids is 1. The SMILES string of the molecule is CC(=O)O.CC1C(Cl)C=COC1CO. The maximum Gasteiger partial charge on any atom is 0.300 e. The molecule has 0 amide bonds. The number of carbonyl (C=O) groups is 1. The van der Waals surface area contributed by atoms with Crippen molar-refractivity contribution in [2.45, 2.75) is 25.3 Å². The van der Waals surface area contributed by atoms with Gasteiger partial charge in [0.15, 0.2) is 0 Å². The van der Waals surface area contributed by atoms with Crippen LogP contribution in [-0.4, -0.2) is 34.3 Å². The minimum atomic E-state index is -0.833. The van der Waals surface area contributed by atoms with E-state index in [1.54, 1.807) is 12.3 Å². The second-order valence-electron chi connectivity index (χ2n) is 3.01. The van der Waals surface area contributed by atoms with Gasteiger partial charge in [-0.15, -0.1) is 11.6 Å². The Morgan fingerprint density at radius 3 is 2.50 bits per heavy atom. The maximum absolute atomic E-state index is 9.00. The number of ether oxygens (including phenoxy) is 1. The normalized spacial score (nSPS) is 29.9. The van der Waals surface area contributed by atoms with Gasteiger partial charge in [-0.25, -0.2) is 0 Å². The van der Waals surface area contributed by atoms with Gasteiger partial charge in [0, 0.05) is 12.8 Å². The van der Waals surface area contributed by atoms with Crippen LogP contribution >= 0.6 is 11.6 Å². The monoisotopic (exact) mass is 222 g/mol. The molecule has 14 heavy (non-hydrogen) atoms. The summed E-state index contributed by atoms with van der Waals surface area (Å²) in [5.74, 6) is -0.642. The van der Waals surface area contributed by atoms with E-state index in [1.165, 1.54) is 0 Å². The van der Waals surface area contributed by atoms with Crippen LogP contribution in [-0.2, 0) is 9.53 Å².